The summed E-state index contributed by atoms with van der Waals surface area (Å²) in [6, 6.07) is 0.262. The molecule has 0 aliphatic heterocycles. The molecule has 3 aromatic rings. The first-order chi connectivity index (χ1) is 11.0. The van der Waals surface area contributed by atoms with Crippen LogP contribution in [-0.2, 0) is 13.0 Å². The molecule has 0 aliphatic carbocycles. The van der Waals surface area contributed by atoms with Gasteiger partial charge in [-0.3, -0.25) is 9.36 Å². The maximum atomic E-state index is 12.6. The predicted octanol–water partition coefficient (Wildman–Crippen LogP) is 2.08. The molecule has 1 N–H and O–H groups in total. The summed E-state index contributed by atoms with van der Waals surface area (Å²) < 4.78 is 6.76. The van der Waals surface area contributed by atoms with E-state index in [9.17, 15) is 4.79 Å². The molecule has 0 saturated heterocycles. The van der Waals surface area contributed by atoms with Gasteiger partial charge in [-0.25, -0.2) is 4.98 Å². The van der Waals surface area contributed by atoms with Crippen LogP contribution in [0, 0.1) is 13.8 Å². The Labute approximate surface area is 149 Å². The first-order valence-corrected chi connectivity index (χ1v) is 8.25. The summed E-state index contributed by atoms with van der Waals surface area (Å²) in [5.74, 6) is 1.04. The lowest BCUT2D eigenvalue weighted by Gasteiger charge is -2.04. The van der Waals surface area contributed by atoms with Crippen molar-refractivity contribution in [3.05, 3.63) is 38.8 Å². The summed E-state index contributed by atoms with van der Waals surface area (Å²) in [5.41, 5.74) is 0.922. The average Bonchev–Trinajstić information content (AvgIpc) is 3.07. The van der Waals surface area contributed by atoms with Crippen molar-refractivity contribution in [1.29, 1.82) is 0 Å². The van der Waals surface area contributed by atoms with E-state index in [4.69, 9.17) is 4.52 Å². The Kier molecular flexibility index (Phi) is 5.74. The van der Waals surface area contributed by atoms with Crippen LogP contribution in [-0.4, -0.2) is 32.8 Å². The Morgan fingerprint density at radius 1 is 1.42 bits per heavy atom. The molecule has 24 heavy (non-hydrogen) atoms. The number of aromatic nitrogens is 4. The fraction of sp³-hybridized carbons (Fsp3) is 0.467. The van der Waals surface area contributed by atoms with Gasteiger partial charge in [0, 0.05) is 17.3 Å². The highest BCUT2D eigenvalue weighted by Crippen LogP contribution is 2.25. The lowest BCUT2D eigenvalue weighted by molar-refractivity contribution is 0.363. The Hall–Kier alpha value is -1.77. The van der Waals surface area contributed by atoms with E-state index in [-0.39, 0.29) is 30.6 Å². The number of aryl methyl sites for hydroxylation is 2. The fourth-order valence-corrected chi connectivity index (χ4v) is 3.33. The van der Waals surface area contributed by atoms with Crippen LogP contribution in [0.15, 0.2) is 15.6 Å². The second-order valence-electron chi connectivity index (χ2n) is 5.64. The third kappa shape index (κ3) is 3.50. The Morgan fingerprint density at radius 3 is 2.88 bits per heavy atom. The van der Waals surface area contributed by atoms with E-state index in [1.54, 1.807) is 6.33 Å². The minimum atomic E-state index is -0.0693. The maximum absolute atomic E-state index is 12.6. The van der Waals surface area contributed by atoms with Crippen LogP contribution in [0.2, 0.25) is 0 Å². The highest BCUT2D eigenvalue weighted by molar-refractivity contribution is 7.18. The van der Waals surface area contributed by atoms with Crippen LogP contribution in [0.5, 0.6) is 0 Å². The standard InChI is InChI=1S/C15H19N5O2S.ClH/c1-8(16-4)5-11-18-12(22-19-11)6-20-7-17-14-13(15(20)21)9(2)10(3)23-14;/h7-8,16H,5-6H2,1-4H3;1H. The van der Waals surface area contributed by atoms with Crippen LogP contribution >= 0.6 is 23.7 Å². The number of nitrogens with zero attached hydrogens (tertiary/aromatic N) is 4. The van der Waals surface area contributed by atoms with E-state index < -0.39 is 0 Å². The monoisotopic (exact) mass is 369 g/mol. The molecule has 3 heterocycles. The number of rotatable bonds is 5. The van der Waals surface area contributed by atoms with E-state index in [2.05, 4.69) is 20.4 Å². The minimum absolute atomic E-state index is 0. The quantitative estimate of drug-likeness (QED) is 0.741. The highest BCUT2D eigenvalue weighted by atomic mass is 35.5. The van der Waals surface area contributed by atoms with Crippen LogP contribution in [0.25, 0.3) is 10.2 Å². The molecule has 0 spiro atoms. The number of hydrogen-bond acceptors (Lipinski definition) is 7. The topological polar surface area (TPSA) is 85.8 Å². The number of thiophene rings is 1. The van der Waals surface area contributed by atoms with Crippen molar-refractivity contribution < 1.29 is 4.52 Å². The van der Waals surface area contributed by atoms with Gasteiger partial charge in [0.05, 0.1) is 11.7 Å². The van der Waals surface area contributed by atoms with Crippen molar-refractivity contribution in [3.8, 4) is 0 Å². The van der Waals surface area contributed by atoms with Gasteiger partial charge >= 0.3 is 0 Å². The van der Waals surface area contributed by atoms with Gasteiger partial charge in [0.2, 0.25) is 5.89 Å². The number of likely N-dealkylation sites (N-methyl/N-ethyl adjacent to an activating group) is 1. The summed E-state index contributed by atoms with van der Waals surface area (Å²) in [7, 11) is 1.89. The summed E-state index contributed by atoms with van der Waals surface area (Å²) in [5, 5.41) is 7.76. The Morgan fingerprint density at radius 2 is 2.17 bits per heavy atom. The third-order valence-corrected chi connectivity index (χ3v) is 5.07. The fourth-order valence-electron chi connectivity index (χ4n) is 2.34. The second-order valence-corrected chi connectivity index (χ2v) is 6.84. The van der Waals surface area contributed by atoms with Gasteiger partial charge in [0.15, 0.2) is 5.82 Å². The molecule has 3 rings (SSSR count). The van der Waals surface area contributed by atoms with E-state index in [1.165, 1.54) is 15.9 Å². The normalized spacial score (nSPS) is 12.3. The van der Waals surface area contributed by atoms with Gasteiger partial charge in [-0.2, -0.15) is 4.98 Å². The van der Waals surface area contributed by atoms with Crippen molar-refractivity contribution in [1.82, 2.24) is 25.0 Å². The molecule has 0 saturated carbocycles. The van der Waals surface area contributed by atoms with Gasteiger partial charge in [-0.1, -0.05) is 5.16 Å². The highest BCUT2D eigenvalue weighted by Gasteiger charge is 2.14. The first-order valence-electron chi connectivity index (χ1n) is 7.43. The zero-order valence-electron chi connectivity index (χ0n) is 14.0. The summed E-state index contributed by atoms with van der Waals surface area (Å²) >= 11 is 1.54. The lowest BCUT2D eigenvalue weighted by atomic mass is 10.2. The zero-order valence-corrected chi connectivity index (χ0v) is 15.6. The van der Waals surface area contributed by atoms with E-state index >= 15 is 0 Å². The number of halogens is 1. The van der Waals surface area contributed by atoms with E-state index in [1.807, 2.05) is 27.8 Å². The van der Waals surface area contributed by atoms with Crippen molar-refractivity contribution >= 4 is 34.0 Å². The van der Waals surface area contributed by atoms with Crippen molar-refractivity contribution in [2.45, 2.75) is 39.8 Å². The molecule has 0 amide bonds. The zero-order chi connectivity index (χ0) is 16.6. The van der Waals surface area contributed by atoms with Crippen LogP contribution in [0.1, 0.15) is 29.1 Å². The summed E-state index contributed by atoms with van der Waals surface area (Å²) in [4.78, 5) is 23.2. The number of fused-ring (bicyclic) bond motifs is 1. The van der Waals surface area contributed by atoms with Crippen LogP contribution in [0.3, 0.4) is 0 Å². The molecule has 0 fully saturated rings. The molecule has 1 unspecified atom stereocenters. The molecule has 0 radical (unpaired) electrons. The van der Waals surface area contributed by atoms with Crippen molar-refractivity contribution in [2.75, 3.05) is 7.05 Å². The van der Waals surface area contributed by atoms with Gasteiger partial charge in [0.1, 0.15) is 11.4 Å². The van der Waals surface area contributed by atoms with Crippen LogP contribution in [0.4, 0.5) is 0 Å². The smallest absolute Gasteiger partial charge is 0.262 e. The Bertz CT molecular complexity index is 901. The van der Waals surface area contributed by atoms with Crippen molar-refractivity contribution in [2.24, 2.45) is 0 Å². The average molecular weight is 370 g/mol. The largest absolute Gasteiger partial charge is 0.337 e. The van der Waals surface area contributed by atoms with Gasteiger partial charge in [-0.15, -0.1) is 23.7 Å². The minimum Gasteiger partial charge on any atom is -0.337 e. The van der Waals surface area contributed by atoms with E-state index in [0.717, 1.165) is 15.3 Å². The number of hydrogen-bond donors (Lipinski definition) is 1. The molecule has 1 atom stereocenters. The SMILES string of the molecule is CNC(C)Cc1noc(Cn2cnc3sc(C)c(C)c3c2=O)n1.Cl. The molecule has 0 bridgehead atoms. The van der Waals surface area contributed by atoms with Crippen LogP contribution < -0.4 is 10.9 Å². The van der Waals surface area contributed by atoms with E-state index in [0.29, 0.717) is 23.5 Å². The molecule has 3 aromatic heterocycles. The van der Waals surface area contributed by atoms with Gasteiger partial charge in [-0.05, 0) is 33.4 Å². The first kappa shape index (κ1) is 18.6. The number of nitrogens with one attached hydrogen (secondary N) is 1. The van der Waals surface area contributed by atoms with Gasteiger partial charge in [0.25, 0.3) is 5.56 Å². The molecule has 0 aromatic carbocycles. The summed E-state index contributed by atoms with van der Waals surface area (Å²) in [6.07, 6.45) is 2.22. The predicted molar refractivity (Wildman–Crippen MR) is 96.2 cm³/mol. The molecule has 130 valence electrons. The molecule has 0 aliphatic rings. The maximum Gasteiger partial charge on any atom is 0.262 e. The third-order valence-electron chi connectivity index (χ3n) is 3.95. The molecule has 9 heteroatoms. The second kappa shape index (κ2) is 7.42. The van der Waals surface area contributed by atoms with Crippen molar-refractivity contribution in [3.63, 3.8) is 0 Å². The summed E-state index contributed by atoms with van der Waals surface area (Å²) in [6.45, 7) is 6.22. The molecule has 7 nitrogen and oxygen atoms in total. The lowest BCUT2D eigenvalue weighted by Crippen LogP contribution is -2.24. The molecular weight excluding hydrogens is 350 g/mol. The Balaban J connectivity index is 0.00000208. The van der Waals surface area contributed by atoms with Gasteiger partial charge < -0.3 is 9.84 Å². The molecular formula is C15H20ClN5O2S.